The molecule has 0 aliphatic heterocycles. The fourth-order valence-electron chi connectivity index (χ4n) is 2.86. The largest absolute Gasteiger partial charge is 0.313 e. The zero-order valence-corrected chi connectivity index (χ0v) is 16.4. The minimum absolute atomic E-state index is 0.334. The Labute approximate surface area is 167 Å². The van der Waals surface area contributed by atoms with E-state index in [0.29, 0.717) is 13.0 Å². The predicted octanol–water partition coefficient (Wildman–Crippen LogP) is 4.77. The van der Waals surface area contributed by atoms with Gasteiger partial charge in [-0.1, -0.05) is 48.4 Å². The summed E-state index contributed by atoms with van der Waals surface area (Å²) in [6.07, 6.45) is 4.85. The van der Waals surface area contributed by atoms with E-state index < -0.39 is 0 Å². The third-order valence-electron chi connectivity index (χ3n) is 4.32. The number of rotatable bonds is 9. The highest BCUT2D eigenvalue weighted by Gasteiger charge is 2.11. The minimum Gasteiger partial charge on any atom is -0.313 e. The van der Waals surface area contributed by atoms with Crippen LogP contribution in [0.5, 0.6) is 0 Å². The van der Waals surface area contributed by atoms with Gasteiger partial charge in [-0.05, 0) is 31.0 Å². The maximum absolute atomic E-state index is 10.9. The summed E-state index contributed by atoms with van der Waals surface area (Å²) in [5.41, 5.74) is 3.81. The van der Waals surface area contributed by atoms with Gasteiger partial charge < -0.3 is 5.32 Å². The molecule has 2 aromatic heterocycles. The quantitative estimate of drug-likeness (QED) is 0.273. The van der Waals surface area contributed by atoms with Gasteiger partial charge in [0, 0.05) is 35.0 Å². The maximum Gasteiger partial charge on any atom is 0.243 e. The molecule has 0 saturated carbocycles. The van der Waals surface area contributed by atoms with Gasteiger partial charge in [0.2, 0.25) is 5.91 Å². The van der Waals surface area contributed by atoms with E-state index in [-0.39, 0.29) is 5.91 Å². The number of fused-ring (bicyclic) bond motifs is 1. The molecule has 5 nitrogen and oxygen atoms in total. The Morgan fingerprint density at radius 1 is 1.19 bits per heavy atom. The molecule has 0 unspecified atom stereocenters. The lowest BCUT2D eigenvalue weighted by Gasteiger charge is -2.07. The molecule has 0 atom stereocenters. The van der Waals surface area contributed by atoms with Gasteiger partial charge in [0.15, 0.2) is 0 Å². The van der Waals surface area contributed by atoms with Crippen LogP contribution in [0.15, 0.2) is 42.6 Å². The number of carbonyl (C=O) groups excluding carboxylic acids is 1. The topological polar surface area (TPSA) is 74.2 Å². The summed E-state index contributed by atoms with van der Waals surface area (Å²) in [5, 5.41) is 13.6. The average molecular weight is 404 g/mol. The first-order chi connectivity index (χ1) is 13.2. The molecule has 0 spiro atoms. The van der Waals surface area contributed by atoms with E-state index >= 15 is 0 Å². The van der Waals surface area contributed by atoms with E-state index in [1.807, 2.05) is 24.4 Å². The van der Waals surface area contributed by atoms with Crippen LogP contribution >= 0.6 is 22.9 Å². The predicted molar refractivity (Wildman–Crippen MR) is 110 cm³/mol. The highest BCUT2D eigenvalue weighted by molar-refractivity contribution is 7.21. The minimum atomic E-state index is -0.334. The molecule has 0 saturated heterocycles. The van der Waals surface area contributed by atoms with Crippen molar-refractivity contribution in [3.63, 3.8) is 0 Å². The number of hydrogen-bond acceptors (Lipinski definition) is 5. The second-order valence-corrected chi connectivity index (χ2v) is 7.72. The number of hydrogen-bond donors (Lipinski definition) is 3. The number of amides is 1. The van der Waals surface area contributed by atoms with Crippen LogP contribution in [0, 0.1) is 0 Å². The molecule has 0 bridgehead atoms. The molecule has 1 aromatic carbocycles. The monoisotopic (exact) mass is 403 g/mol. The second kappa shape index (κ2) is 9.80. The number of pyridine rings is 1. The zero-order chi connectivity index (χ0) is 19.1. The summed E-state index contributed by atoms with van der Waals surface area (Å²) in [6.45, 7) is 1.50. The first kappa shape index (κ1) is 19.8. The summed E-state index contributed by atoms with van der Waals surface area (Å²) in [7, 11) is 0. The second-order valence-electron chi connectivity index (χ2n) is 6.32. The van der Waals surface area contributed by atoms with Crippen molar-refractivity contribution in [2.75, 3.05) is 6.54 Å². The van der Waals surface area contributed by atoms with Gasteiger partial charge in [-0.25, -0.2) is 10.5 Å². The Morgan fingerprint density at radius 3 is 2.78 bits per heavy atom. The summed E-state index contributed by atoms with van der Waals surface area (Å²) in [5.74, 6) is -0.334. The van der Waals surface area contributed by atoms with Gasteiger partial charge in [-0.15, -0.1) is 11.3 Å². The van der Waals surface area contributed by atoms with Crippen molar-refractivity contribution < 1.29 is 10.0 Å². The van der Waals surface area contributed by atoms with Crippen LogP contribution in [0.25, 0.3) is 20.7 Å². The molecule has 0 aliphatic rings. The number of unbranched alkanes of at least 4 members (excludes halogenated alkanes) is 2. The van der Waals surface area contributed by atoms with Gasteiger partial charge in [0.1, 0.15) is 4.83 Å². The van der Waals surface area contributed by atoms with Crippen molar-refractivity contribution in [2.45, 2.75) is 32.2 Å². The first-order valence-corrected chi connectivity index (χ1v) is 10.1. The van der Waals surface area contributed by atoms with Crippen LogP contribution in [0.3, 0.4) is 0 Å². The molecule has 0 fully saturated rings. The van der Waals surface area contributed by atoms with Gasteiger partial charge in [0.25, 0.3) is 0 Å². The van der Waals surface area contributed by atoms with E-state index in [0.717, 1.165) is 51.5 Å². The highest BCUT2D eigenvalue weighted by atomic mass is 35.5. The molecule has 2 heterocycles. The average Bonchev–Trinajstić information content (AvgIpc) is 3.14. The Balaban J connectivity index is 1.55. The molecule has 142 valence electrons. The van der Waals surface area contributed by atoms with Crippen LogP contribution < -0.4 is 10.8 Å². The van der Waals surface area contributed by atoms with Crippen molar-refractivity contribution in [1.82, 2.24) is 15.8 Å². The van der Waals surface area contributed by atoms with E-state index in [9.17, 15) is 4.79 Å². The standard InChI is InChI=1S/C20H22ClN3O2S/c21-19-15(12-22-10-6-2-5-9-18(25)24-26)13-23-20-16(19)11-17(27-20)14-7-3-1-4-8-14/h1,3-4,7-8,11,13,22,26H,2,5-6,9-10,12H2,(H,24,25). The van der Waals surface area contributed by atoms with Crippen LogP contribution in [0.2, 0.25) is 5.02 Å². The molecular formula is C20H22ClN3O2S. The van der Waals surface area contributed by atoms with Gasteiger partial charge in [-0.2, -0.15) is 0 Å². The van der Waals surface area contributed by atoms with Crippen LogP contribution in [-0.2, 0) is 11.3 Å². The van der Waals surface area contributed by atoms with Crippen molar-refractivity contribution in [1.29, 1.82) is 0 Å². The Kier molecular flexibility index (Phi) is 7.18. The summed E-state index contributed by atoms with van der Waals surface area (Å²) in [4.78, 5) is 17.6. The third kappa shape index (κ3) is 5.26. The van der Waals surface area contributed by atoms with Gasteiger partial charge in [0.05, 0.1) is 5.02 Å². The lowest BCUT2D eigenvalue weighted by Crippen LogP contribution is -2.18. The van der Waals surface area contributed by atoms with Crippen molar-refractivity contribution in [2.24, 2.45) is 0 Å². The van der Waals surface area contributed by atoms with Crippen LogP contribution in [-0.4, -0.2) is 22.6 Å². The van der Waals surface area contributed by atoms with Crippen LogP contribution in [0.1, 0.15) is 31.2 Å². The molecular weight excluding hydrogens is 382 g/mol. The Morgan fingerprint density at radius 2 is 2.00 bits per heavy atom. The lowest BCUT2D eigenvalue weighted by molar-refractivity contribution is -0.129. The summed E-state index contributed by atoms with van der Waals surface area (Å²) >= 11 is 8.26. The number of thiophene rings is 1. The highest BCUT2D eigenvalue weighted by Crippen LogP contribution is 2.36. The number of hydroxylamine groups is 1. The van der Waals surface area contributed by atoms with Gasteiger partial charge in [-0.3, -0.25) is 10.0 Å². The van der Waals surface area contributed by atoms with E-state index in [1.165, 1.54) is 5.56 Å². The van der Waals surface area contributed by atoms with E-state index in [1.54, 1.807) is 16.8 Å². The fraction of sp³-hybridized carbons (Fsp3) is 0.300. The number of carbonyl (C=O) groups is 1. The number of nitrogens with one attached hydrogen (secondary N) is 2. The molecule has 27 heavy (non-hydrogen) atoms. The fourth-order valence-corrected chi connectivity index (χ4v) is 4.19. The summed E-state index contributed by atoms with van der Waals surface area (Å²) in [6, 6.07) is 12.4. The molecule has 3 rings (SSSR count). The van der Waals surface area contributed by atoms with Crippen molar-refractivity contribution in [3.05, 3.63) is 53.2 Å². The molecule has 3 aromatic rings. The Hall–Kier alpha value is -1.99. The molecule has 7 heteroatoms. The number of benzene rings is 1. The smallest absolute Gasteiger partial charge is 0.243 e. The number of halogens is 1. The SMILES string of the molecule is O=C(CCCCCNCc1cnc2sc(-c3ccccc3)cc2c1Cl)NO. The van der Waals surface area contributed by atoms with Crippen LogP contribution in [0.4, 0.5) is 0 Å². The molecule has 0 radical (unpaired) electrons. The molecule has 3 N–H and O–H groups in total. The zero-order valence-electron chi connectivity index (χ0n) is 14.9. The molecule has 0 aliphatic carbocycles. The summed E-state index contributed by atoms with van der Waals surface area (Å²) < 4.78 is 0. The van der Waals surface area contributed by atoms with E-state index in [2.05, 4.69) is 28.5 Å². The number of nitrogens with zero attached hydrogens (tertiary/aromatic N) is 1. The lowest BCUT2D eigenvalue weighted by atomic mass is 10.1. The third-order valence-corrected chi connectivity index (χ3v) is 5.86. The van der Waals surface area contributed by atoms with Crippen molar-refractivity contribution in [3.8, 4) is 10.4 Å². The maximum atomic E-state index is 10.9. The van der Waals surface area contributed by atoms with Gasteiger partial charge >= 0.3 is 0 Å². The number of aromatic nitrogens is 1. The van der Waals surface area contributed by atoms with Crippen molar-refractivity contribution >= 4 is 39.1 Å². The molecule has 1 amide bonds. The normalized spacial score (nSPS) is 11.0. The first-order valence-electron chi connectivity index (χ1n) is 8.95. The Bertz CT molecular complexity index is 899. The van der Waals surface area contributed by atoms with E-state index in [4.69, 9.17) is 16.8 Å².